The van der Waals surface area contributed by atoms with E-state index in [1.54, 1.807) is 0 Å². The van der Waals surface area contributed by atoms with Crippen LogP contribution in [0.5, 0.6) is 5.75 Å². The van der Waals surface area contributed by atoms with Gasteiger partial charge in [-0.25, -0.2) is 0 Å². The summed E-state index contributed by atoms with van der Waals surface area (Å²) in [5.74, 6) is 0.967. The van der Waals surface area contributed by atoms with Gasteiger partial charge >= 0.3 is 0 Å². The zero-order chi connectivity index (χ0) is 13.4. The minimum atomic E-state index is -0.154. The van der Waals surface area contributed by atoms with Gasteiger partial charge in [0.1, 0.15) is 5.75 Å². The van der Waals surface area contributed by atoms with E-state index in [-0.39, 0.29) is 6.04 Å². The molecule has 0 fully saturated rings. The Morgan fingerprint density at radius 3 is 2.89 bits per heavy atom. The summed E-state index contributed by atoms with van der Waals surface area (Å²) in [6.45, 7) is 0.748. The van der Waals surface area contributed by atoms with E-state index in [0.29, 0.717) is 0 Å². The number of ether oxygens (including phenoxy) is 1. The number of hydrogen-bond acceptors (Lipinski definition) is 2. The van der Waals surface area contributed by atoms with Crippen LogP contribution in [0.3, 0.4) is 0 Å². The Labute approximate surface area is 134 Å². The average molecular weight is 430 g/mol. The highest BCUT2D eigenvalue weighted by Gasteiger charge is 2.22. The topological polar surface area (TPSA) is 35.2 Å². The lowest BCUT2D eigenvalue weighted by Crippen LogP contribution is -2.13. The maximum absolute atomic E-state index is 6.42. The monoisotopic (exact) mass is 429 g/mol. The van der Waals surface area contributed by atoms with Crippen LogP contribution in [0, 0.1) is 3.57 Å². The van der Waals surface area contributed by atoms with Crippen LogP contribution >= 0.6 is 38.5 Å². The van der Waals surface area contributed by atoms with Crippen LogP contribution in [0.15, 0.2) is 40.9 Å². The van der Waals surface area contributed by atoms with Crippen molar-refractivity contribution in [3.05, 3.63) is 61.1 Å². The third kappa shape index (κ3) is 2.66. The Morgan fingerprint density at radius 2 is 2.11 bits per heavy atom. The van der Waals surface area contributed by atoms with Gasteiger partial charge in [0, 0.05) is 20.0 Å². The third-order valence-corrected chi connectivity index (χ3v) is 4.45. The second kappa shape index (κ2) is 5.42. The quantitative estimate of drug-likeness (QED) is 0.731. The van der Waals surface area contributed by atoms with Crippen LogP contribution in [-0.2, 0) is 6.42 Å². The van der Waals surface area contributed by atoms with E-state index in [2.05, 4.69) is 68.9 Å². The SMILES string of the molecule is NC(c1cccc(I)c1)c1cc(Br)cc2c1OCC2. The van der Waals surface area contributed by atoms with Crippen molar-refractivity contribution in [1.29, 1.82) is 0 Å². The van der Waals surface area contributed by atoms with Crippen LogP contribution in [0.1, 0.15) is 22.7 Å². The summed E-state index contributed by atoms with van der Waals surface area (Å²) in [5, 5.41) is 0. The van der Waals surface area contributed by atoms with E-state index in [1.807, 2.05) is 6.07 Å². The van der Waals surface area contributed by atoms with E-state index in [1.165, 1.54) is 9.13 Å². The molecular weight excluding hydrogens is 417 g/mol. The van der Waals surface area contributed by atoms with Gasteiger partial charge in [0.25, 0.3) is 0 Å². The van der Waals surface area contributed by atoms with Crippen molar-refractivity contribution in [2.45, 2.75) is 12.5 Å². The van der Waals surface area contributed by atoms with Gasteiger partial charge in [0.2, 0.25) is 0 Å². The molecule has 0 aliphatic carbocycles. The van der Waals surface area contributed by atoms with Crippen molar-refractivity contribution in [2.75, 3.05) is 6.61 Å². The van der Waals surface area contributed by atoms with Crippen molar-refractivity contribution in [3.8, 4) is 5.75 Å². The highest BCUT2D eigenvalue weighted by Crippen LogP contribution is 2.37. The summed E-state index contributed by atoms with van der Waals surface area (Å²) in [7, 11) is 0. The molecule has 2 N–H and O–H groups in total. The minimum absolute atomic E-state index is 0.154. The second-order valence-corrected chi connectivity index (χ2v) is 6.78. The lowest BCUT2D eigenvalue weighted by Gasteiger charge is -2.17. The van der Waals surface area contributed by atoms with Crippen LogP contribution in [0.25, 0.3) is 0 Å². The first-order chi connectivity index (χ1) is 9.15. The first-order valence-corrected chi connectivity index (χ1v) is 7.98. The minimum Gasteiger partial charge on any atom is -0.493 e. The number of fused-ring (bicyclic) bond motifs is 1. The summed E-state index contributed by atoms with van der Waals surface area (Å²) in [4.78, 5) is 0. The normalized spacial score (nSPS) is 14.9. The van der Waals surface area contributed by atoms with Crippen LogP contribution in [0.2, 0.25) is 0 Å². The van der Waals surface area contributed by atoms with E-state index in [4.69, 9.17) is 10.5 Å². The zero-order valence-electron chi connectivity index (χ0n) is 10.2. The summed E-state index contributed by atoms with van der Waals surface area (Å²) in [6, 6.07) is 12.3. The Balaban J connectivity index is 2.07. The number of rotatable bonds is 2. The van der Waals surface area contributed by atoms with Gasteiger partial charge in [-0.3, -0.25) is 0 Å². The molecule has 4 heteroatoms. The fraction of sp³-hybridized carbons (Fsp3) is 0.200. The van der Waals surface area contributed by atoms with Gasteiger partial charge in [-0.1, -0.05) is 28.1 Å². The van der Waals surface area contributed by atoms with Gasteiger partial charge in [-0.15, -0.1) is 0 Å². The summed E-state index contributed by atoms with van der Waals surface area (Å²) >= 11 is 5.86. The largest absolute Gasteiger partial charge is 0.493 e. The van der Waals surface area contributed by atoms with E-state index < -0.39 is 0 Å². The molecule has 1 aliphatic heterocycles. The Hall–Kier alpha value is -0.590. The molecule has 2 aromatic rings. The van der Waals surface area contributed by atoms with E-state index >= 15 is 0 Å². The van der Waals surface area contributed by atoms with Gasteiger partial charge in [0.05, 0.1) is 12.6 Å². The van der Waals surface area contributed by atoms with E-state index in [0.717, 1.165) is 34.4 Å². The molecule has 2 aromatic carbocycles. The number of benzene rings is 2. The molecule has 1 heterocycles. The fourth-order valence-corrected chi connectivity index (χ4v) is 3.50. The number of hydrogen-bond donors (Lipinski definition) is 1. The standard InChI is InChI=1S/C15H13BrINO/c16-11-6-10-4-5-19-15(10)13(8-11)14(18)9-2-1-3-12(17)7-9/h1-3,6-8,14H,4-5,18H2. The molecule has 1 unspecified atom stereocenters. The van der Waals surface area contributed by atoms with Crippen molar-refractivity contribution in [1.82, 2.24) is 0 Å². The van der Waals surface area contributed by atoms with Crippen LogP contribution in [0.4, 0.5) is 0 Å². The molecule has 1 aliphatic rings. The van der Waals surface area contributed by atoms with Crippen LogP contribution < -0.4 is 10.5 Å². The molecular formula is C15H13BrINO. The fourth-order valence-electron chi connectivity index (χ4n) is 2.41. The number of nitrogens with two attached hydrogens (primary N) is 1. The summed E-state index contributed by atoms with van der Waals surface area (Å²) in [6.07, 6.45) is 0.959. The summed E-state index contributed by atoms with van der Waals surface area (Å²) < 4.78 is 8.01. The molecule has 0 saturated carbocycles. The van der Waals surface area contributed by atoms with Crippen molar-refractivity contribution < 1.29 is 4.74 Å². The molecule has 0 amide bonds. The van der Waals surface area contributed by atoms with Gasteiger partial charge in [0.15, 0.2) is 0 Å². The Morgan fingerprint density at radius 1 is 1.26 bits per heavy atom. The molecule has 2 nitrogen and oxygen atoms in total. The summed E-state index contributed by atoms with van der Waals surface area (Å²) in [5.41, 5.74) is 9.84. The van der Waals surface area contributed by atoms with Crippen LogP contribution in [-0.4, -0.2) is 6.61 Å². The van der Waals surface area contributed by atoms with Crippen molar-refractivity contribution in [3.63, 3.8) is 0 Å². The second-order valence-electron chi connectivity index (χ2n) is 4.61. The van der Waals surface area contributed by atoms with E-state index in [9.17, 15) is 0 Å². The molecule has 1 atom stereocenters. The lowest BCUT2D eigenvalue weighted by molar-refractivity contribution is 0.352. The van der Waals surface area contributed by atoms with Gasteiger partial charge in [-0.05, 0) is 58.0 Å². The van der Waals surface area contributed by atoms with Gasteiger partial charge < -0.3 is 10.5 Å². The molecule has 3 rings (SSSR count). The van der Waals surface area contributed by atoms with Gasteiger partial charge in [-0.2, -0.15) is 0 Å². The van der Waals surface area contributed by atoms with Crippen molar-refractivity contribution >= 4 is 38.5 Å². The lowest BCUT2D eigenvalue weighted by atomic mass is 9.97. The maximum Gasteiger partial charge on any atom is 0.127 e. The molecule has 98 valence electrons. The first-order valence-electron chi connectivity index (χ1n) is 6.11. The Kier molecular flexibility index (Phi) is 3.82. The third-order valence-electron chi connectivity index (χ3n) is 3.32. The predicted molar refractivity (Wildman–Crippen MR) is 88.5 cm³/mol. The zero-order valence-corrected chi connectivity index (χ0v) is 13.9. The molecule has 0 radical (unpaired) electrons. The average Bonchev–Trinajstić information content (AvgIpc) is 2.85. The highest BCUT2D eigenvalue weighted by atomic mass is 127. The Bertz CT molecular complexity index is 630. The first kappa shape index (κ1) is 13.4. The molecule has 0 saturated heterocycles. The maximum atomic E-state index is 6.42. The molecule has 0 bridgehead atoms. The molecule has 0 aromatic heterocycles. The number of halogens is 2. The molecule has 19 heavy (non-hydrogen) atoms. The van der Waals surface area contributed by atoms with Crippen molar-refractivity contribution in [2.24, 2.45) is 5.73 Å². The highest BCUT2D eigenvalue weighted by molar-refractivity contribution is 14.1. The smallest absolute Gasteiger partial charge is 0.127 e. The molecule has 0 spiro atoms. The predicted octanol–water partition coefficient (Wildman–Crippen LogP) is 4.04.